The normalized spacial score (nSPS) is 14.8. The van der Waals surface area contributed by atoms with Crippen LogP contribution in [-0.2, 0) is 4.74 Å². The van der Waals surface area contributed by atoms with Crippen molar-refractivity contribution in [2.24, 2.45) is 0 Å². The zero-order chi connectivity index (χ0) is 27.7. The minimum atomic E-state index is -0.177. The number of rotatable bonds is 8. The van der Waals surface area contributed by atoms with E-state index in [4.69, 9.17) is 4.74 Å². The fourth-order valence-corrected chi connectivity index (χ4v) is 6.04. The number of amides is 1. The average Bonchev–Trinajstić information content (AvgIpc) is 3.57. The van der Waals surface area contributed by atoms with Crippen molar-refractivity contribution in [1.29, 1.82) is 0 Å². The van der Waals surface area contributed by atoms with Gasteiger partial charge in [-0.25, -0.2) is 14.3 Å². The first-order valence-corrected chi connectivity index (χ1v) is 14.4. The summed E-state index contributed by atoms with van der Waals surface area (Å²) in [5.41, 5.74) is 9.45. The number of carbonyl (C=O) groups excluding carboxylic acids is 1. The van der Waals surface area contributed by atoms with Gasteiger partial charge in [0.15, 0.2) is 5.65 Å². The Balaban J connectivity index is 1.35. The number of H-pyrrole nitrogens is 1. The maximum absolute atomic E-state index is 12.6. The molecule has 8 nitrogen and oxygen atoms in total. The number of aryl methyl sites for hydroxylation is 1. The highest BCUT2D eigenvalue weighted by atomic mass is 16.6. The Morgan fingerprint density at radius 3 is 2.59 bits per heavy atom. The van der Waals surface area contributed by atoms with Gasteiger partial charge < -0.3 is 19.5 Å². The van der Waals surface area contributed by atoms with Crippen LogP contribution >= 0.6 is 0 Å². The van der Waals surface area contributed by atoms with E-state index in [1.165, 1.54) is 27.6 Å². The lowest BCUT2D eigenvalue weighted by Gasteiger charge is -2.32. The van der Waals surface area contributed by atoms with Gasteiger partial charge in [-0.05, 0) is 86.0 Å². The van der Waals surface area contributed by atoms with Crippen LogP contribution in [0.5, 0.6) is 0 Å². The molecule has 5 rings (SSSR count). The summed E-state index contributed by atoms with van der Waals surface area (Å²) >= 11 is 0. The Bertz CT molecular complexity index is 1460. The molecule has 0 spiro atoms. The second-order valence-electron chi connectivity index (χ2n) is 11.1. The number of benzene rings is 1. The summed E-state index contributed by atoms with van der Waals surface area (Å²) < 4.78 is 7.45. The summed E-state index contributed by atoms with van der Waals surface area (Å²) in [6.07, 6.45) is 5.43. The minimum absolute atomic E-state index is 0.177. The molecule has 0 unspecified atom stereocenters. The predicted molar refractivity (Wildman–Crippen MR) is 157 cm³/mol. The molecule has 4 heterocycles. The van der Waals surface area contributed by atoms with Crippen LogP contribution in [0.15, 0.2) is 30.7 Å². The molecule has 1 N–H and O–H groups in total. The maximum atomic E-state index is 12.6. The summed E-state index contributed by atoms with van der Waals surface area (Å²) in [4.78, 5) is 24.9. The number of nitrogens with zero attached hydrogens (tertiary/aromatic N) is 5. The zero-order valence-corrected chi connectivity index (χ0v) is 24.3. The van der Waals surface area contributed by atoms with Crippen LogP contribution < -0.4 is 0 Å². The molecule has 1 aliphatic heterocycles. The van der Waals surface area contributed by atoms with Crippen LogP contribution in [0.25, 0.3) is 27.8 Å². The van der Waals surface area contributed by atoms with Gasteiger partial charge in [0.05, 0.1) is 5.69 Å². The SMILES string of the molecule is CCN(CC)CCOC(=O)N1CCC(c2ccc3[nH]c(-c4cn5ncnc5c(C)c4C)c(C(C)C)c3c2)CC1. The predicted octanol–water partition coefficient (Wildman–Crippen LogP) is 6.28. The quantitative estimate of drug-likeness (QED) is 0.290. The van der Waals surface area contributed by atoms with Gasteiger partial charge in [-0.15, -0.1) is 0 Å². The highest BCUT2D eigenvalue weighted by Gasteiger charge is 2.26. The number of hydrogen-bond donors (Lipinski definition) is 1. The lowest BCUT2D eigenvalue weighted by atomic mass is 9.87. The number of fused-ring (bicyclic) bond motifs is 2. The van der Waals surface area contributed by atoms with E-state index in [-0.39, 0.29) is 6.09 Å². The molecule has 39 heavy (non-hydrogen) atoms. The van der Waals surface area contributed by atoms with Crippen LogP contribution in [0.2, 0.25) is 0 Å². The van der Waals surface area contributed by atoms with Crippen LogP contribution in [0.1, 0.15) is 74.6 Å². The number of likely N-dealkylation sites (tertiary alicyclic amines) is 1. The molecule has 8 heteroatoms. The van der Waals surface area contributed by atoms with Gasteiger partial charge in [-0.1, -0.05) is 33.8 Å². The second-order valence-corrected chi connectivity index (χ2v) is 11.1. The molecule has 208 valence electrons. The van der Waals surface area contributed by atoms with Gasteiger partial charge in [0, 0.05) is 42.3 Å². The molecule has 1 amide bonds. The van der Waals surface area contributed by atoms with Crippen molar-refractivity contribution < 1.29 is 9.53 Å². The van der Waals surface area contributed by atoms with Gasteiger partial charge in [-0.3, -0.25) is 0 Å². The molecular weight excluding hydrogens is 488 g/mol. The third kappa shape index (κ3) is 5.26. The van der Waals surface area contributed by atoms with Crippen molar-refractivity contribution >= 4 is 22.6 Å². The fraction of sp³-hybridized carbons (Fsp3) is 0.516. The van der Waals surface area contributed by atoms with Crippen LogP contribution in [0, 0.1) is 13.8 Å². The molecule has 0 bridgehead atoms. The van der Waals surface area contributed by atoms with Crippen LogP contribution in [0.3, 0.4) is 0 Å². The number of likely N-dealkylation sites (N-methyl/N-ethyl adjacent to an activating group) is 1. The molecule has 0 atom stereocenters. The van der Waals surface area contributed by atoms with E-state index in [1.54, 1.807) is 6.33 Å². The summed E-state index contributed by atoms with van der Waals surface area (Å²) in [7, 11) is 0. The minimum Gasteiger partial charge on any atom is -0.448 e. The number of ether oxygens (including phenoxy) is 1. The summed E-state index contributed by atoms with van der Waals surface area (Å²) in [6.45, 7) is 17.7. The highest BCUT2D eigenvalue weighted by Crippen LogP contribution is 2.40. The molecule has 1 aliphatic rings. The van der Waals surface area contributed by atoms with Crippen molar-refractivity contribution in [2.75, 3.05) is 39.3 Å². The number of aromatic amines is 1. The molecule has 0 radical (unpaired) electrons. The molecule has 0 aliphatic carbocycles. The monoisotopic (exact) mass is 530 g/mol. The number of pyridine rings is 1. The lowest BCUT2D eigenvalue weighted by Crippen LogP contribution is -2.39. The largest absolute Gasteiger partial charge is 0.448 e. The first-order chi connectivity index (χ1) is 18.8. The second kappa shape index (κ2) is 11.4. The Morgan fingerprint density at radius 1 is 1.15 bits per heavy atom. The van der Waals surface area contributed by atoms with Crippen molar-refractivity contribution in [2.45, 2.75) is 66.2 Å². The number of carbonyl (C=O) groups is 1. The Kier molecular flexibility index (Phi) is 7.93. The molecule has 0 saturated carbocycles. The van der Waals surface area contributed by atoms with Gasteiger partial charge in [0.1, 0.15) is 12.9 Å². The first kappa shape index (κ1) is 27.2. The molecule has 1 aromatic carbocycles. The average molecular weight is 531 g/mol. The van der Waals surface area contributed by atoms with Crippen molar-refractivity contribution in [1.82, 2.24) is 29.4 Å². The van der Waals surface area contributed by atoms with E-state index < -0.39 is 0 Å². The molecule has 1 fully saturated rings. The van der Waals surface area contributed by atoms with E-state index in [0.29, 0.717) is 18.4 Å². The summed E-state index contributed by atoms with van der Waals surface area (Å²) in [5, 5.41) is 5.70. The van der Waals surface area contributed by atoms with E-state index in [1.807, 2.05) is 9.42 Å². The number of nitrogens with one attached hydrogen (secondary N) is 1. The Morgan fingerprint density at radius 2 is 1.90 bits per heavy atom. The Labute approximate surface area is 231 Å². The standard InChI is InChI=1S/C31H42N6O2/c1-7-35(8-2)15-16-39-31(38)36-13-11-23(12-14-36)24-9-10-27-25(17-24)28(20(3)4)29(34-27)26-18-37-30(32-19-33-37)22(6)21(26)5/h9-10,17-20,23,34H,7-8,11-16H2,1-6H3. The van der Waals surface area contributed by atoms with Crippen molar-refractivity contribution in [3.8, 4) is 11.3 Å². The van der Waals surface area contributed by atoms with E-state index in [2.05, 4.69) is 85.9 Å². The maximum Gasteiger partial charge on any atom is 0.409 e. The molecule has 3 aromatic heterocycles. The third-order valence-corrected chi connectivity index (χ3v) is 8.59. The van der Waals surface area contributed by atoms with Crippen molar-refractivity contribution in [3.63, 3.8) is 0 Å². The Hall–Kier alpha value is -3.39. The topological polar surface area (TPSA) is 78.8 Å². The number of hydrogen-bond acceptors (Lipinski definition) is 5. The van der Waals surface area contributed by atoms with E-state index in [0.717, 1.165) is 68.0 Å². The first-order valence-electron chi connectivity index (χ1n) is 14.4. The summed E-state index contributed by atoms with van der Waals surface area (Å²) in [5.74, 6) is 0.783. The van der Waals surface area contributed by atoms with Gasteiger partial charge in [0.2, 0.25) is 0 Å². The summed E-state index contributed by atoms with van der Waals surface area (Å²) in [6, 6.07) is 6.86. The van der Waals surface area contributed by atoms with Gasteiger partial charge in [-0.2, -0.15) is 5.10 Å². The number of piperidine rings is 1. The van der Waals surface area contributed by atoms with Crippen LogP contribution in [-0.4, -0.2) is 74.8 Å². The van der Waals surface area contributed by atoms with Gasteiger partial charge >= 0.3 is 6.09 Å². The fourth-order valence-electron chi connectivity index (χ4n) is 6.04. The number of aromatic nitrogens is 4. The smallest absolute Gasteiger partial charge is 0.409 e. The molecular formula is C31H42N6O2. The zero-order valence-electron chi connectivity index (χ0n) is 24.3. The van der Waals surface area contributed by atoms with Crippen molar-refractivity contribution in [3.05, 3.63) is 53.0 Å². The van der Waals surface area contributed by atoms with Gasteiger partial charge in [0.25, 0.3) is 0 Å². The van der Waals surface area contributed by atoms with E-state index in [9.17, 15) is 4.79 Å². The van der Waals surface area contributed by atoms with Crippen LogP contribution in [0.4, 0.5) is 4.79 Å². The lowest BCUT2D eigenvalue weighted by molar-refractivity contribution is 0.0834. The van der Waals surface area contributed by atoms with E-state index >= 15 is 0 Å². The highest BCUT2D eigenvalue weighted by molar-refractivity contribution is 5.92. The molecule has 4 aromatic rings. The molecule has 1 saturated heterocycles. The third-order valence-electron chi connectivity index (χ3n) is 8.59.